The van der Waals surface area contributed by atoms with Gasteiger partial charge in [0.05, 0.1) is 16.9 Å². The van der Waals surface area contributed by atoms with Crippen LogP contribution >= 0.6 is 0 Å². The fraction of sp³-hybridized carbons (Fsp3) is 0.900. The van der Waals surface area contributed by atoms with Gasteiger partial charge < -0.3 is 5.11 Å². The van der Waals surface area contributed by atoms with Crippen molar-refractivity contribution in [2.75, 3.05) is 5.75 Å². The number of aliphatic carboxylic acids is 1. The van der Waals surface area contributed by atoms with Crippen LogP contribution in [0.3, 0.4) is 0 Å². The Morgan fingerprint density at radius 3 is 2.20 bits per heavy atom. The molecule has 0 bridgehead atoms. The zero-order valence-corrected chi connectivity index (χ0v) is 9.79. The Balaban J connectivity index is 2.54. The molecule has 0 aromatic rings. The molecular weight excluding hydrogens is 216 g/mol. The van der Waals surface area contributed by atoms with E-state index < -0.39 is 15.8 Å². The van der Waals surface area contributed by atoms with Crippen molar-refractivity contribution in [2.24, 2.45) is 5.92 Å². The van der Waals surface area contributed by atoms with Crippen LogP contribution < -0.4 is 0 Å². The van der Waals surface area contributed by atoms with E-state index in [0.717, 1.165) is 0 Å². The van der Waals surface area contributed by atoms with Crippen LogP contribution in [0.15, 0.2) is 0 Å². The second-order valence-electron chi connectivity index (χ2n) is 4.18. The summed E-state index contributed by atoms with van der Waals surface area (Å²) in [5, 5.41) is 8.48. The lowest BCUT2D eigenvalue weighted by molar-refractivity contribution is -0.142. The highest BCUT2D eigenvalue weighted by Crippen LogP contribution is 2.29. The van der Waals surface area contributed by atoms with Crippen LogP contribution in [0.5, 0.6) is 0 Å². The molecule has 0 unspecified atom stereocenters. The molecule has 0 aromatic carbocycles. The SMILES string of the molecule is CCCS(=O)(=O)C1CCC(C(=O)O)CC1. The molecule has 0 amide bonds. The molecule has 1 N–H and O–H groups in total. The van der Waals surface area contributed by atoms with Gasteiger partial charge in [0.25, 0.3) is 0 Å². The molecule has 0 aliphatic heterocycles. The smallest absolute Gasteiger partial charge is 0.306 e. The monoisotopic (exact) mass is 234 g/mol. The van der Waals surface area contributed by atoms with Gasteiger partial charge in [-0.25, -0.2) is 8.42 Å². The molecule has 1 saturated carbocycles. The Labute approximate surface area is 90.6 Å². The molecule has 0 heterocycles. The Morgan fingerprint density at radius 2 is 1.80 bits per heavy atom. The molecule has 4 nitrogen and oxygen atoms in total. The van der Waals surface area contributed by atoms with Crippen molar-refractivity contribution < 1.29 is 18.3 Å². The van der Waals surface area contributed by atoms with Crippen LogP contribution in [-0.4, -0.2) is 30.5 Å². The normalized spacial score (nSPS) is 27.5. The van der Waals surface area contributed by atoms with Crippen molar-refractivity contribution in [1.82, 2.24) is 0 Å². The third-order valence-electron chi connectivity index (χ3n) is 3.02. The number of carboxylic acid groups (broad SMARTS) is 1. The molecule has 0 atom stereocenters. The van der Waals surface area contributed by atoms with Crippen LogP contribution in [0.4, 0.5) is 0 Å². The minimum atomic E-state index is -2.98. The first kappa shape index (κ1) is 12.5. The lowest BCUT2D eigenvalue weighted by Gasteiger charge is -2.25. The van der Waals surface area contributed by atoms with Gasteiger partial charge in [0, 0.05) is 0 Å². The minimum Gasteiger partial charge on any atom is -0.481 e. The molecule has 0 aromatic heterocycles. The summed E-state index contributed by atoms with van der Waals surface area (Å²) in [6, 6.07) is 0. The van der Waals surface area contributed by atoms with Crippen molar-refractivity contribution in [1.29, 1.82) is 0 Å². The molecule has 0 spiro atoms. The largest absolute Gasteiger partial charge is 0.481 e. The van der Waals surface area contributed by atoms with E-state index in [2.05, 4.69) is 0 Å². The summed E-state index contributed by atoms with van der Waals surface area (Å²) in [4.78, 5) is 10.7. The number of carboxylic acids is 1. The van der Waals surface area contributed by atoms with E-state index in [1.165, 1.54) is 0 Å². The lowest BCUT2D eigenvalue weighted by atomic mass is 9.89. The predicted molar refractivity (Wildman–Crippen MR) is 57.5 cm³/mol. The van der Waals surface area contributed by atoms with E-state index >= 15 is 0 Å². The van der Waals surface area contributed by atoms with Gasteiger partial charge >= 0.3 is 5.97 Å². The minimum absolute atomic E-state index is 0.232. The van der Waals surface area contributed by atoms with Gasteiger partial charge in [-0.3, -0.25) is 4.79 Å². The summed E-state index contributed by atoms with van der Waals surface area (Å²) in [7, 11) is -2.98. The summed E-state index contributed by atoms with van der Waals surface area (Å²) in [5.41, 5.74) is 0. The van der Waals surface area contributed by atoms with Gasteiger partial charge in [-0.15, -0.1) is 0 Å². The highest BCUT2D eigenvalue weighted by molar-refractivity contribution is 7.92. The van der Waals surface area contributed by atoms with E-state index in [1.807, 2.05) is 6.92 Å². The van der Waals surface area contributed by atoms with Crippen molar-refractivity contribution in [3.63, 3.8) is 0 Å². The van der Waals surface area contributed by atoms with Crippen LogP contribution in [0.25, 0.3) is 0 Å². The first-order valence-corrected chi connectivity index (χ1v) is 7.13. The maximum absolute atomic E-state index is 11.7. The number of rotatable bonds is 4. The van der Waals surface area contributed by atoms with Gasteiger partial charge in [0.1, 0.15) is 0 Å². The second-order valence-corrected chi connectivity index (χ2v) is 6.58. The maximum Gasteiger partial charge on any atom is 0.306 e. The van der Waals surface area contributed by atoms with Crippen molar-refractivity contribution in [2.45, 2.75) is 44.3 Å². The molecule has 1 rings (SSSR count). The van der Waals surface area contributed by atoms with Crippen LogP contribution in [-0.2, 0) is 14.6 Å². The number of carbonyl (C=O) groups is 1. The lowest BCUT2D eigenvalue weighted by Crippen LogP contribution is -2.31. The van der Waals surface area contributed by atoms with Crippen LogP contribution in [0, 0.1) is 5.92 Å². The number of hydrogen-bond donors (Lipinski definition) is 1. The quantitative estimate of drug-likeness (QED) is 0.799. The Kier molecular flexibility index (Phi) is 4.13. The third-order valence-corrected chi connectivity index (χ3v) is 5.48. The molecule has 0 radical (unpaired) electrons. The van der Waals surface area contributed by atoms with Crippen molar-refractivity contribution in [3.05, 3.63) is 0 Å². The maximum atomic E-state index is 11.7. The van der Waals surface area contributed by atoms with E-state index in [4.69, 9.17) is 5.11 Å². The first-order valence-electron chi connectivity index (χ1n) is 5.41. The highest BCUT2D eigenvalue weighted by Gasteiger charge is 2.32. The Bertz CT molecular complexity index is 312. The van der Waals surface area contributed by atoms with E-state index in [1.54, 1.807) is 0 Å². The van der Waals surface area contributed by atoms with E-state index in [-0.39, 0.29) is 16.9 Å². The predicted octanol–water partition coefficient (Wildman–Crippen LogP) is 1.45. The highest BCUT2D eigenvalue weighted by atomic mass is 32.2. The van der Waals surface area contributed by atoms with Crippen molar-refractivity contribution in [3.8, 4) is 0 Å². The summed E-state index contributed by atoms with van der Waals surface area (Å²) < 4.78 is 23.4. The van der Waals surface area contributed by atoms with Gasteiger partial charge in [0.2, 0.25) is 0 Å². The molecule has 1 fully saturated rings. The molecule has 5 heteroatoms. The first-order chi connectivity index (χ1) is 6.97. The summed E-state index contributed by atoms with van der Waals surface area (Å²) in [6.45, 7) is 1.85. The van der Waals surface area contributed by atoms with Gasteiger partial charge in [0.15, 0.2) is 9.84 Å². The molecular formula is C10H18O4S. The molecule has 0 saturated heterocycles. The summed E-state index contributed by atoms with van der Waals surface area (Å²) >= 11 is 0. The molecule has 1 aliphatic rings. The average Bonchev–Trinajstić information content (AvgIpc) is 2.18. The fourth-order valence-corrected chi connectivity index (χ4v) is 4.01. The van der Waals surface area contributed by atoms with Gasteiger partial charge in [-0.2, -0.15) is 0 Å². The van der Waals surface area contributed by atoms with E-state index in [9.17, 15) is 13.2 Å². The average molecular weight is 234 g/mol. The van der Waals surface area contributed by atoms with Crippen molar-refractivity contribution >= 4 is 15.8 Å². The number of sulfone groups is 1. The Morgan fingerprint density at radius 1 is 1.27 bits per heavy atom. The van der Waals surface area contributed by atoms with Gasteiger partial charge in [-0.1, -0.05) is 6.92 Å². The summed E-state index contributed by atoms with van der Waals surface area (Å²) in [5.74, 6) is -0.894. The summed E-state index contributed by atoms with van der Waals surface area (Å²) in [6.07, 6.45) is 2.67. The van der Waals surface area contributed by atoms with Crippen LogP contribution in [0.2, 0.25) is 0 Å². The number of hydrogen-bond acceptors (Lipinski definition) is 3. The fourth-order valence-electron chi connectivity index (χ4n) is 2.12. The molecule has 1 aliphatic carbocycles. The van der Waals surface area contributed by atoms with Gasteiger partial charge in [-0.05, 0) is 32.1 Å². The molecule has 15 heavy (non-hydrogen) atoms. The van der Waals surface area contributed by atoms with E-state index in [0.29, 0.717) is 32.1 Å². The molecule has 88 valence electrons. The zero-order valence-electron chi connectivity index (χ0n) is 8.98. The Hall–Kier alpha value is -0.580. The third kappa shape index (κ3) is 3.19. The zero-order chi connectivity index (χ0) is 11.5. The topological polar surface area (TPSA) is 71.4 Å². The standard InChI is InChI=1S/C10H18O4S/c1-2-7-15(13,14)9-5-3-8(4-6-9)10(11)12/h8-9H,2-7H2,1H3,(H,11,12). The van der Waals surface area contributed by atoms with Crippen LogP contribution in [0.1, 0.15) is 39.0 Å². The second kappa shape index (κ2) is 4.96.